The van der Waals surface area contributed by atoms with Crippen LogP contribution in [0.15, 0.2) is 36.4 Å². The molecule has 2 fully saturated rings. The molecule has 0 unspecified atom stereocenters. The Morgan fingerprint density at radius 3 is 2.55 bits per heavy atom. The van der Waals surface area contributed by atoms with E-state index in [0.717, 1.165) is 87.1 Å². The summed E-state index contributed by atoms with van der Waals surface area (Å²) in [6, 6.07) is 12.9. The maximum absolute atomic E-state index is 13.4. The Kier molecular flexibility index (Phi) is 6.28. The molecule has 1 N–H and O–H groups in total. The summed E-state index contributed by atoms with van der Waals surface area (Å²) in [4.78, 5) is 22.7. The molecule has 1 saturated heterocycles. The lowest BCUT2D eigenvalue weighted by Crippen LogP contribution is -2.51. The van der Waals surface area contributed by atoms with Crippen molar-refractivity contribution in [2.45, 2.75) is 82.9 Å². The fraction of sp³-hybridized carbons (Fsp3) is 0.571. The fourth-order valence-electron chi connectivity index (χ4n) is 6.06. The zero-order valence-corrected chi connectivity index (χ0v) is 20.1. The number of carbonyl (C=O) groups is 1. The van der Waals surface area contributed by atoms with Gasteiger partial charge < -0.3 is 10.0 Å². The summed E-state index contributed by atoms with van der Waals surface area (Å²) in [5.41, 5.74) is 5.56. The number of amides is 1. The number of aliphatic hydroxyl groups is 1. The van der Waals surface area contributed by atoms with Crippen LogP contribution in [0.1, 0.15) is 78.3 Å². The summed E-state index contributed by atoms with van der Waals surface area (Å²) in [6.45, 7) is 8.08. The summed E-state index contributed by atoms with van der Waals surface area (Å²) in [5, 5.41) is 10.5. The van der Waals surface area contributed by atoms with Gasteiger partial charge in [-0.2, -0.15) is 0 Å². The molecule has 2 aliphatic heterocycles. The standard InChI is InChI=1S/C28H37N3O2/c1-20-21(19-30-16-13-28(2,14-17-30)22-8-4-3-5-9-22)18-23-24(29-20)12-15-31(27(23)33)25-10-6-7-11-26(25)32/h3-5,8-9,18,25-26,32H,6-7,10-17,19H2,1-2H3/t25-,26-/m0/s1. The van der Waals surface area contributed by atoms with Crippen molar-refractivity contribution in [1.82, 2.24) is 14.8 Å². The van der Waals surface area contributed by atoms with Gasteiger partial charge in [0.1, 0.15) is 0 Å². The molecule has 5 rings (SSSR count). The fourth-order valence-corrected chi connectivity index (χ4v) is 6.06. The molecule has 1 aromatic heterocycles. The highest BCUT2D eigenvalue weighted by atomic mass is 16.3. The molecular weight excluding hydrogens is 410 g/mol. The molecule has 3 aliphatic rings. The van der Waals surface area contributed by atoms with E-state index in [0.29, 0.717) is 6.54 Å². The van der Waals surface area contributed by atoms with Gasteiger partial charge in [-0.1, -0.05) is 50.1 Å². The third-order valence-electron chi connectivity index (χ3n) is 8.40. The number of aliphatic hydroxyl groups excluding tert-OH is 1. The van der Waals surface area contributed by atoms with Crippen LogP contribution in [0.3, 0.4) is 0 Å². The molecule has 1 amide bonds. The highest BCUT2D eigenvalue weighted by Crippen LogP contribution is 2.35. The Morgan fingerprint density at radius 1 is 1.09 bits per heavy atom. The Balaban J connectivity index is 1.29. The van der Waals surface area contributed by atoms with E-state index in [4.69, 9.17) is 4.98 Å². The second-order valence-corrected chi connectivity index (χ2v) is 10.6. The highest BCUT2D eigenvalue weighted by molar-refractivity contribution is 5.96. The van der Waals surface area contributed by atoms with E-state index in [-0.39, 0.29) is 17.4 Å². The van der Waals surface area contributed by atoms with Crippen molar-refractivity contribution in [3.8, 4) is 0 Å². The molecule has 2 aromatic rings. The summed E-state index contributed by atoms with van der Waals surface area (Å²) < 4.78 is 0. The minimum atomic E-state index is -0.394. The molecule has 1 aromatic carbocycles. The van der Waals surface area contributed by atoms with E-state index in [1.165, 1.54) is 5.56 Å². The molecule has 5 heteroatoms. The first-order valence-corrected chi connectivity index (χ1v) is 12.7. The number of fused-ring (bicyclic) bond motifs is 1. The van der Waals surface area contributed by atoms with Crippen molar-refractivity contribution in [2.24, 2.45) is 0 Å². The van der Waals surface area contributed by atoms with E-state index in [1.807, 2.05) is 4.90 Å². The van der Waals surface area contributed by atoms with Crippen LogP contribution in [0, 0.1) is 6.92 Å². The van der Waals surface area contributed by atoms with Crippen molar-refractivity contribution < 1.29 is 9.90 Å². The van der Waals surface area contributed by atoms with Crippen LogP contribution in [0.5, 0.6) is 0 Å². The number of piperidine rings is 1. The smallest absolute Gasteiger partial charge is 0.256 e. The summed E-state index contributed by atoms with van der Waals surface area (Å²) in [6.07, 6.45) is 6.52. The Morgan fingerprint density at radius 2 is 1.82 bits per heavy atom. The predicted molar refractivity (Wildman–Crippen MR) is 130 cm³/mol. The van der Waals surface area contributed by atoms with Crippen molar-refractivity contribution >= 4 is 5.91 Å². The molecule has 0 radical (unpaired) electrons. The summed E-state index contributed by atoms with van der Waals surface area (Å²) in [7, 11) is 0. The molecule has 176 valence electrons. The molecule has 3 heterocycles. The average molecular weight is 448 g/mol. The number of hydrogen-bond acceptors (Lipinski definition) is 4. The van der Waals surface area contributed by atoms with E-state index in [9.17, 15) is 9.90 Å². The van der Waals surface area contributed by atoms with Crippen LogP contribution < -0.4 is 0 Å². The van der Waals surface area contributed by atoms with Gasteiger partial charge in [0.25, 0.3) is 5.91 Å². The number of likely N-dealkylation sites (tertiary alicyclic amines) is 1. The quantitative estimate of drug-likeness (QED) is 0.762. The van der Waals surface area contributed by atoms with Crippen LogP contribution in [-0.4, -0.2) is 57.6 Å². The second-order valence-electron chi connectivity index (χ2n) is 10.6. The maximum Gasteiger partial charge on any atom is 0.256 e. The SMILES string of the molecule is Cc1nc2c(cc1CN1CCC(C)(c3ccccc3)CC1)C(=O)N([C@H]1CCCC[C@@H]1O)CC2. The van der Waals surface area contributed by atoms with E-state index in [1.54, 1.807) is 0 Å². The molecule has 5 nitrogen and oxygen atoms in total. The van der Waals surface area contributed by atoms with Crippen LogP contribution in [0.4, 0.5) is 0 Å². The molecule has 1 aliphatic carbocycles. The Hall–Kier alpha value is -2.24. The number of aryl methyl sites for hydroxylation is 1. The molecule has 33 heavy (non-hydrogen) atoms. The van der Waals surface area contributed by atoms with Gasteiger partial charge in [0, 0.05) is 25.2 Å². The molecule has 0 bridgehead atoms. The first kappa shape index (κ1) is 22.5. The third-order valence-corrected chi connectivity index (χ3v) is 8.40. The van der Waals surface area contributed by atoms with E-state index >= 15 is 0 Å². The van der Waals surface area contributed by atoms with Gasteiger partial charge in [0.2, 0.25) is 0 Å². The lowest BCUT2D eigenvalue weighted by atomic mass is 9.74. The van der Waals surface area contributed by atoms with Crippen molar-refractivity contribution in [2.75, 3.05) is 19.6 Å². The number of pyridine rings is 1. The lowest BCUT2D eigenvalue weighted by molar-refractivity contribution is 0.0160. The normalized spacial score (nSPS) is 25.7. The molecule has 1 saturated carbocycles. The number of hydrogen-bond donors (Lipinski definition) is 1. The Labute approximate surface area is 197 Å². The van der Waals surface area contributed by atoms with Crippen molar-refractivity contribution in [3.05, 3.63) is 64.5 Å². The minimum Gasteiger partial charge on any atom is -0.391 e. The third kappa shape index (κ3) is 4.45. The first-order chi connectivity index (χ1) is 15.9. The predicted octanol–water partition coefficient (Wildman–Crippen LogP) is 4.25. The maximum atomic E-state index is 13.4. The number of benzene rings is 1. The largest absolute Gasteiger partial charge is 0.391 e. The zero-order chi connectivity index (χ0) is 23.0. The van der Waals surface area contributed by atoms with Gasteiger partial charge >= 0.3 is 0 Å². The Bertz CT molecular complexity index is 998. The topological polar surface area (TPSA) is 56.7 Å². The number of nitrogens with zero attached hydrogens (tertiary/aromatic N) is 3. The van der Waals surface area contributed by atoms with Gasteiger partial charge in [-0.05, 0) is 68.3 Å². The monoisotopic (exact) mass is 447 g/mol. The van der Waals surface area contributed by atoms with E-state index in [2.05, 4.69) is 55.1 Å². The van der Waals surface area contributed by atoms with Gasteiger partial charge in [-0.15, -0.1) is 0 Å². The van der Waals surface area contributed by atoms with Crippen LogP contribution in [-0.2, 0) is 18.4 Å². The summed E-state index contributed by atoms with van der Waals surface area (Å²) >= 11 is 0. The number of carbonyl (C=O) groups excluding carboxylic acids is 1. The minimum absolute atomic E-state index is 0.0399. The van der Waals surface area contributed by atoms with Gasteiger partial charge in [-0.3, -0.25) is 14.7 Å². The van der Waals surface area contributed by atoms with Crippen LogP contribution >= 0.6 is 0 Å². The average Bonchev–Trinajstić information content (AvgIpc) is 2.83. The van der Waals surface area contributed by atoms with E-state index < -0.39 is 6.10 Å². The number of rotatable bonds is 4. The van der Waals surface area contributed by atoms with Crippen molar-refractivity contribution in [1.29, 1.82) is 0 Å². The first-order valence-electron chi connectivity index (χ1n) is 12.7. The molecular formula is C28H37N3O2. The van der Waals surface area contributed by atoms with Gasteiger partial charge in [0.15, 0.2) is 0 Å². The summed E-state index contributed by atoms with van der Waals surface area (Å²) in [5.74, 6) is 0.0613. The highest BCUT2D eigenvalue weighted by Gasteiger charge is 2.36. The number of aromatic nitrogens is 1. The molecule has 0 spiro atoms. The second kappa shape index (κ2) is 9.19. The van der Waals surface area contributed by atoms with Crippen LogP contribution in [0.2, 0.25) is 0 Å². The van der Waals surface area contributed by atoms with Crippen LogP contribution in [0.25, 0.3) is 0 Å². The lowest BCUT2D eigenvalue weighted by Gasteiger charge is -2.41. The molecule has 2 atom stereocenters. The zero-order valence-electron chi connectivity index (χ0n) is 20.1. The van der Waals surface area contributed by atoms with Crippen molar-refractivity contribution in [3.63, 3.8) is 0 Å². The van der Waals surface area contributed by atoms with Gasteiger partial charge in [0.05, 0.1) is 23.4 Å². The van der Waals surface area contributed by atoms with Gasteiger partial charge in [-0.25, -0.2) is 0 Å².